The summed E-state index contributed by atoms with van der Waals surface area (Å²) in [6.45, 7) is 4.44. The second-order valence-corrected chi connectivity index (χ2v) is 9.78. The van der Waals surface area contributed by atoms with Crippen molar-refractivity contribution in [3.63, 3.8) is 0 Å². The van der Waals surface area contributed by atoms with Crippen molar-refractivity contribution in [2.75, 3.05) is 19.8 Å². The van der Waals surface area contributed by atoms with E-state index in [0.717, 1.165) is 23.8 Å². The van der Waals surface area contributed by atoms with Crippen molar-refractivity contribution in [1.29, 1.82) is 0 Å². The van der Waals surface area contributed by atoms with E-state index in [0.29, 0.717) is 5.82 Å². The van der Waals surface area contributed by atoms with Gasteiger partial charge >= 0.3 is 0 Å². The quantitative estimate of drug-likeness (QED) is 0.438. The van der Waals surface area contributed by atoms with Crippen LogP contribution in [0.2, 0.25) is 0 Å². The highest BCUT2D eigenvalue weighted by atomic mass is 19.1. The fourth-order valence-electron chi connectivity index (χ4n) is 4.08. The van der Waals surface area contributed by atoms with Crippen molar-refractivity contribution in [3.05, 3.63) is 71.6 Å². The molecule has 0 unspecified atom stereocenters. The molecule has 1 aromatic heterocycles. The van der Waals surface area contributed by atoms with E-state index >= 15 is 0 Å². The summed E-state index contributed by atoms with van der Waals surface area (Å²) < 4.78 is 43.2. The third-order valence-corrected chi connectivity index (χ3v) is 5.82. The van der Waals surface area contributed by atoms with Gasteiger partial charge in [0, 0.05) is 12.6 Å². The monoisotopic (exact) mass is 503 g/mol. The Kier molecular flexibility index (Phi) is 8.86. The molecule has 0 aliphatic rings. The summed E-state index contributed by atoms with van der Waals surface area (Å²) in [5.41, 5.74) is 5.89. The summed E-state index contributed by atoms with van der Waals surface area (Å²) in [4.78, 5) is 18.9. The van der Waals surface area contributed by atoms with Crippen molar-refractivity contribution in [2.45, 2.75) is 45.8 Å². The van der Waals surface area contributed by atoms with Crippen LogP contribution >= 0.6 is 0 Å². The number of amides is 1. The van der Waals surface area contributed by atoms with Crippen LogP contribution in [0.1, 0.15) is 44.6 Å². The fourth-order valence-corrected chi connectivity index (χ4v) is 4.08. The lowest BCUT2D eigenvalue weighted by atomic mass is 9.84. The van der Waals surface area contributed by atoms with Crippen molar-refractivity contribution in [2.24, 2.45) is 11.1 Å². The van der Waals surface area contributed by atoms with E-state index in [1.165, 1.54) is 4.90 Å². The highest BCUT2D eigenvalue weighted by Crippen LogP contribution is 2.39. The van der Waals surface area contributed by atoms with Crippen molar-refractivity contribution < 1.29 is 23.1 Å². The Bertz CT molecular complexity index is 1160. The van der Waals surface area contributed by atoms with Gasteiger partial charge in [0.25, 0.3) is 0 Å². The number of carbonyl (C=O) groups is 1. The molecule has 36 heavy (non-hydrogen) atoms. The smallest absolute Gasteiger partial charge is 0.248 e. The van der Waals surface area contributed by atoms with Gasteiger partial charge in [-0.15, -0.1) is 0 Å². The van der Waals surface area contributed by atoms with Gasteiger partial charge in [0.1, 0.15) is 24.9 Å². The molecule has 0 spiro atoms. The Morgan fingerprint density at radius 1 is 1.17 bits per heavy atom. The molecular formula is C26H32F3N5O2. The Morgan fingerprint density at radius 3 is 2.47 bits per heavy atom. The van der Waals surface area contributed by atoms with Gasteiger partial charge in [0.05, 0.1) is 18.2 Å². The number of rotatable bonds is 10. The summed E-state index contributed by atoms with van der Waals surface area (Å²) in [5, 5.41) is 14.2. The van der Waals surface area contributed by atoms with E-state index in [9.17, 15) is 23.1 Å². The van der Waals surface area contributed by atoms with Gasteiger partial charge in [0.2, 0.25) is 5.91 Å². The number of hydrogen-bond acceptors (Lipinski definition) is 5. The second kappa shape index (κ2) is 11.7. The third-order valence-electron chi connectivity index (χ3n) is 5.82. The average Bonchev–Trinajstić information content (AvgIpc) is 3.24. The first-order chi connectivity index (χ1) is 17.0. The predicted molar refractivity (Wildman–Crippen MR) is 130 cm³/mol. The molecule has 3 aromatic rings. The van der Waals surface area contributed by atoms with Gasteiger partial charge < -0.3 is 15.7 Å². The van der Waals surface area contributed by atoms with E-state index in [-0.39, 0.29) is 30.9 Å². The standard InChI is InChI=1S/C26H32F3N5O2/c1-26(2,3)23(33(22(36)16-35)12-11-19(30)14-27)25-31-24(20-13-18(28)9-10-21(20)29)32-34(25)15-17-7-5-4-6-8-17/h4-10,13,19,23,35H,11-12,14-16,30H2,1-3H3/t19-,23-/m0/s1. The molecule has 2 aromatic carbocycles. The zero-order chi connectivity index (χ0) is 26.5. The summed E-state index contributed by atoms with van der Waals surface area (Å²) in [6.07, 6.45) is 0.160. The molecule has 0 bridgehead atoms. The van der Waals surface area contributed by atoms with Crippen LogP contribution in [0, 0.1) is 17.0 Å². The zero-order valence-electron chi connectivity index (χ0n) is 20.7. The number of aliphatic hydroxyl groups is 1. The Hall–Kier alpha value is -3.24. The average molecular weight is 504 g/mol. The summed E-state index contributed by atoms with van der Waals surface area (Å²) in [7, 11) is 0. The van der Waals surface area contributed by atoms with E-state index in [1.54, 1.807) is 4.68 Å². The molecule has 0 saturated heterocycles. The van der Waals surface area contributed by atoms with Crippen LogP contribution in [-0.4, -0.2) is 56.5 Å². The van der Waals surface area contributed by atoms with Crippen LogP contribution in [0.15, 0.2) is 48.5 Å². The Morgan fingerprint density at radius 2 is 1.86 bits per heavy atom. The third kappa shape index (κ3) is 6.50. The van der Waals surface area contributed by atoms with E-state index in [1.807, 2.05) is 51.1 Å². The number of aliphatic hydroxyl groups excluding tert-OH is 1. The van der Waals surface area contributed by atoms with Gasteiger partial charge in [-0.25, -0.2) is 22.8 Å². The molecule has 3 rings (SSSR count). The summed E-state index contributed by atoms with van der Waals surface area (Å²) >= 11 is 0. The van der Waals surface area contributed by atoms with Crippen LogP contribution in [0.3, 0.4) is 0 Å². The minimum Gasteiger partial charge on any atom is -0.387 e. The molecule has 0 saturated carbocycles. The normalized spacial score (nSPS) is 13.4. The number of carbonyl (C=O) groups excluding carboxylic acids is 1. The molecule has 3 N–H and O–H groups in total. The molecule has 10 heteroatoms. The molecule has 0 aliphatic heterocycles. The Labute approximate surface area is 208 Å². The zero-order valence-corrected chi connectivity index (χ0v) is 20.7. The lowest BCUT2D eigenvalue weighted by molar-refractivity contribution is -0.139. The predicted octanol–water partition coefficient (Wildman–Crippen LogP) is 3.87. The Balaban J connectivity index is 2.18. The molecule has 2 atom stereocenters. The molecule has 194 valence electrons. The fraction of sp³-hybridized carbons (Fsp3) is 0.423. The molecule has 7 nitrogen and oxygen atoms in total. The molecule has 0 fully saturated rings. The second-order valence-electron chi connectivity index (χ2n) is 9.78. The summed E-state index contributed by atoms with van der Waals surface area (Å²) in [5.74, 6) is -1.64. The van der Waals surface area contributed by atoms with Gasteiger partial charge in [-0.3, -0.25) is 4.79 Å². The van der Waals surface area contributed by atoms with Crippen LogP contribution < -0.4 is 5.73 Å². The van der Waals surface area contributed by atoms with Gasteiger partial charge in [-0.05, 0) is 35.6 Å². The maximum Gasteiger partial charge on any atom is 0.248 e. The topological polar surface area (TPSA) is 97.3 Å². The SMILES string of the molecule is CC(C)(C)[C@H](c1nc(-c2cc(F)ccc2F)nn1Cc1ccccc1)N(CC[C@H](N)CF)C(=O)CO. The number of nitrogens with two attached hydrogens (primary N) is 1. The van der Waals surface area contributed by atoms with Crippen molar-refractivity contribution in [3.8, 4) is 11.4 Å². The van der Waals surface area contributed by atoms with Gasteiger partial charge in [-0.2, -0.15) is 5.10 Å². The van der Waals surface area contributed by atoms with Crippen LogP contribution in [-0.2, 0) is 11.3 Å². The number of alkyl halides is 1. The molecule has 1 heterocycles. The van der Waals surface area contributed by atoms with E-state index in [4.69, 9.17) is 5.73 Å². The maximum absolute atomic E-state index is 14.6. The largest absolute Gasteiger partial charge is 0.387 e. The number of aromatic nitrogens is 3. The maximum atomic E-state index is 14.6. The minimum atomic E-state index is -0.779. The van der Waals surface area contributed by atoms with Crippen molar-refractivity contribution >= 4 is 5.91 Å². The van der Waals surface area contributed by atoms with E-state index < -0.39 is 48.3 Å². The van der Waals surface area contributed by atoms with Crippen LogP contribution in [0.25, 0.3) is 11.4 Å². The molecule has 0 aliphatic carbocycles. The number of nitrogens with zero attached hydrogens (tertiary/aromatic N) is 4. The van der Waals surface area contributed by atoms with Crippen molar-refractivity contribution in [1.82, 2.24) is 19.7 Å². The lowest BCUT2D eigenvalue weighted by Crippen LogP contribution is -2.45. The van der Waals surface area contributed by atoms with E-state index in [2.05, 4.69) is 10.1 Å². The van der Waals surface area contributed by atoms with Gasteiger partial charge in [-0.1, -0.05) is 51.1 Å². The molecule has 1 amide bonds. The highest BCUT2D eigenvalue weighted by Gasteiger charge is 2.39. The summed E-state index contributed by atoms with van der Waals surface area (Å²) in [6, 6.07) is 10.9. The first-order valence-corrected chi connectivity index (χ1v) is 11.7. The van der Waals surface area contributed by atoms with Gasteiger partial charge in [0.15, 0.2) is 11.6 Å². The van der Waals surface area contributed by atoms with Crippen LogP contribution in [0.5, 0.6) is 0 Å². The van der Waals surface area contributed by atoms with Crippen LogP contribution in [0.4, 0.5) is 13.2 Å². The highest BCUT2D eigenvalue weighted by molar-refractivity contribution is 5.77. The number of hydrogen-bond donors (Lipinski definition) is 2. The number of halogens is 3. The molecular weight excluding hydrogens is 471 g/mol. The number of benzene rings is 2. The molecule has 0 radical (unpaired) electrons. The lowest BCUT2D eigenvalue weighted by Gasteiger charge is -2.39. The first-order valence-electron chi connectivity index (χ1n) is 11.7. The first kappa shape index (κ1) is 27.3. The minimum absolute atomic E-state index is 0.0379.